The molecule has 3 N–H and O–H groups in total. The molecule has 0 radical (unpaired) electrons. The summed E-state index contributed by atoms with van der Waals surface area (Å²) in [7, 11) is 1.75. The molecule has 1 aromatic carbocycles. The molecule has 1 aliphatic rings. The van der Waals surface area contributed by atoms with Gasteiger partial charge in [-0.25, -0.2) is 4.79 Å². The molecule has 0 saturated heterocycles. The van der Waals surface area contributed by atoms with Gasteiger partial charge < -0.3 is 15.6 Å². The molecule has 1 saturated carbocycles. The number of likely N-dealkylation sites (N-methyl/N-ethyl adjacent to an activating group) is 1. The predicted molar refractivity (Wildman–Crippen MR) is 97.9 cm³/mol. The van der Waals surface area contributed by atoms with E-state index in [9.17, 15) is 9.59 Å². The van der Waals surface area contributed by atoms with Crippen molar-refractivity contribution in [3.8, 4) is 0 Å². The Labute approximate surface area is 147 Å². The summed E-state index contributed by atoms with van der Waals surface area (Å²) in [5, 5.41) is 0. The van der Waals surface area contributed by atoms with Gasteiger partial charge in [0.25, 0.3) is 5.91 Å². The normalized spacial score (nSPS) is 16.1. The fourth-order valence-corrected chi connectivity index (χ4v) is 3.35. The summed E-state index contributed by atoms with van der Waals surface area (Å²) in [6, 6.07) is 5.69. The highest BCUT2D eigenvalue weighted by molar-refractivity contribution is 5.97. The molecule has 1 unspecified atom stereocenters. The SMILES string of the molecule is CC(CN)N(C)C(=O)c1ccc2c(c1)[nH]c(=O)n2C1CCCC1.Cl. The van der Waals surface area contributed by atoms with Crippen LogP contribution in [0.4, 0.5) is 0 Å². The second-order valence-electron chi connectivity index (χ2n) is 6.47. The first-order valence-electron chi connectivity index (χ1n) is 8.24. The zero-order valence-corrected chi connectivity index (χ0v) is 14.9. The van der Waals surface area contributed by atoms with Gasteiger partial charge >= 0.3 is 5.69 Å². The number of amides is 1. The zero-order valence-electron chi connectivity index (χ0n) is 14.1. The van der Waals surface area contributed by atoms with Gasteiger partial charge in [0.2, 0.25) is 0 Å². The fraction of sp³-hybridized carbons (Fsp3) is 0.529. The molecule has 1 amide bonds. The van der Waals surface area contributed by atoms with Crippen LogP contribution in [0.15, 0.2) is 23.0 Å². The number of benzene rings is 1. The van der Waals surface area contributed by atoms with Gasteiger partial charge in [-0.3, -0.25) is 9.36 Å². The summed E-state index contributed by atoms with van der Waals surface area (Å²) in [4.78, 5) is 29.3. The number of imidazole rings is 1. The number of nitrogens with two attached hydrogens (primary N) is 1. The number of aromatic amines is 1. The van der Waals surface area contributed by atoms with E-state index in [0.717, 1.165) is 23.9 Å². The molecule has 2 aromatic rings. The molecule has 1 fully saturated rings. The first kappa shape index (κ1) is 18.5. The Morgan fingerprint density at radius 3 is 2.71 bits per heavy atom. The van der Waals surface area contributed by atoms with Gasteiger partial charge in [0, 0.05) is 31.2 Å². The number of nitrogens with one attached hydrogen (secondary N) is 1. The van der Waals surface area contributed by atoms with E-state index in [4.69, 9.17) is 5.73 Å². The minimum absolute atomic E-state index is 0. The molecule has 6 nitrogen and oxygen atoms in total. The Kier molecular flexibility index (Phi) is 5.72. The molecular formula is C17H25ClN4O2. The minimum Gasteiger partial charge on any atom is -0.338 e. The van der Waals surface area contributed by atoms with Crippen molar-refractivity contribution in [1.82, 2.24) is 14.5 Å². The quantitative estimate of drug-likeness (QED) is 0.885. The van der Waals surface area contributed by atoms with Crippen LogP contribution in [0.1, 0.15) is 49.0 Å². The molecule has 7 heteroatoms. The van der Waals surface area contributed by atoms with Gasteiger partial charge in [-0.1, -0.05) is 12.8 Å². The van der Waals surface area contributed by atoms with Crippen molar-refractivity contribution in [3.05, 3.63) is 34.2 Å². The number of hydrogen-bond acceptors (Lipinski definition) is 3. The van der Waals surface area contributed by atoms with Crippen LogP contribution < -0.4 is 11.4 Å². The fourth-order valence-electron chi connectivity index (χ4n) is 3.35. The van der Waals surface area contributed by atoms with E-state index in [1.54, 1.807) is 24.1 Å². The van der Waals surface area contributed by atoms with Crippen LogP contribution in [0.25, 0.3) is 11.0 Å². The molecule has 0 spiro atoms. The van der Waals surface area contributed by atoms with Crippen LogP contribution >= 0.6 is 12.4 Å². The molecule has 1 aliphatic carbocycles. The van der Waals surface area contributed by atoms with Crippen molar-refractivity contribution < 1.29 is 4.79 Å². The Bertz CT molecular complexity index is 776. The van der Waals surface area contributed by atoms with E-state index in [0.29, 0.717) is 12.1 Å². The Morgan fingerprint density at radius 2 is 2.08 bits per heavy atom. The average molecular weight is 353 g/mol. The van der Waals surface area contributed by atoms with Gasteiger partial charge in [-0.2, -0.15) is 0 Å². The van der Waals surface area contributed by atoms with Crippen LogP contribution in [-0.2, 0) is 0 Å². The third-order valence-electron chi connectivity index (χ3n) is 4.98. The number of H-pyrrole nitrogens is 1. The molecule has 0 aliphatic heterocycles. The Morgan fingerprint density at radius 1 is 1.42 bits per heavy atom. The zero-order chi connectivity index (χ0) is 16.6. The third-order valence-corrected chi connectivity index (χ3v) is 4.98. The third kappa shape index (κ3) is 3.21. The smallest absolute Gasteiger partial charge is 0.326 e. The maximum atomic E-state index is 12.5. The number of hydrogen-bond donors (Lipinski definition) is 2. The highest BCUT2D eigenvalue weighted by Gasteiger charge is 2.22. The summed E-state index contributed by atoms with van der Waals surface area (Å²) < 4.78 is 1.85. The van der Waals surface area contributed by atoms with E-state index in [1.807, 2.05) is 17.6 Å². The van der Waals surface area contributed by atoms with Gasteiger partial charge in [0.05, 0.1) is 11.0 Å². The number of aromatic nitrogens is 2. The standard InChI is InChI=1S/C17H24N4O2.ClH/c1-11(10-18)20(2)16(22)12-7-8-15-14(9-12)19-17(23)21(15)13-5-3-4-6-13;/h7-9,11,13H,3-6,10,18H2,1-2H3,(H,19,23);1H. The van der Waals surface area contributed by atoms with E-state index < -0.39 is 0 Å². The molecule has 1 heterocycles. The van der Waals surface area contributed by atoms with Crippen LogP contribution in [0.2, 0.25) is 0 Å². The average Bonchev–Trinajstić information content (AvgIpc) is 3.18. The van der Waals surface area contributed by atoms with E-state index in [-0.39, 0.29) is 36.1 Å². The lowest BCUT2D eigenvalue weighted by atomic mass is 10.1. The van der Waals surface area contributed by atoms with E-state index in [2.05, 4.69) is 4.98 Å². The van der Waals surface area contributed by atoms with Crippen molar-refractivity contribution in [2.24, 2.45) is 5.73 Å². The summed E-state index contributed by atoms with van der Waals surface area (Å²) >= 11 is 0. The van der Waals surface area contributed by atoms with Crippen LogP contribution in [0.5, 0.6) is 0 Å². The van der Waals surface area contributed by atoms with Crippen molar-refractivity contribution in [2.75, 3.05) is 13.6 Å². The number of rotatable bonds is 4. The van der Waals surface area contributed by atoms with Crippen LogP contribution in [-0.4, -0.2) is 40.0 Å². The lowest BCUT2D eigenvalue weighted by molar-refractivity contribution is 0.0748. The monoisotopic (exact) mass is 352 g/mol. The molecule has 3 rings (SSSR count). The summed E-state index contributed by atoms with van der Waals surface area (Å²) in [5.74, 6) is -0.0840. The number of fused-ring (bicyclic) bond motifs is 1. The largest absolute Gasteiger partial charge is 0.338 e. The number of halogens is 1. The molecule has 1 aromatic heterocycles. The summed E-state index contributed by atoms with van der Waals surface area (Å²) in [6.45, 7) is 2.33. The topological polar surface area (TPSA) is 84.1 Å². The first-order valence-corrected chi connectivity index (χ1v) is 8.24. The molecule has 0 bridgehead atoms. The molecule has 24 heavy (non-hydrogen) atoms. The number of carbonyl (C=O) groups excluding carboxylic acids is 1. The van der Waals surface area contributed by atoms with Crippen LogP contribution in [0, 0.1) is 0 Å². The van der Waals surface area contributed by atoms with E-state index >= 15 is 0 Å². The maximum absolute atomic E-state index is 12.5. The van der Waals surface area contributed by atoms with Crippen molar-refractivity contribution >= 4 is 29.3 Å². The van der Waals surface area contributed by atoms with Gasteiger partial charge in [-0.15, -0.1) is 12.4 Å². The maximum Gasteiger partial charge on any atom is 0.326 e. The predicted octanol–water partition coefficient (Wildman–Crippen LogP) is 2.29. The Hall–Kier alpha value is -1.79. The summed E-state index contributed by atoms with van der Waals surface area (Å²) in [5.41, 5.74) is 7.72. The Balaban J connectivity index is 0.00000208. The lowest BCUT2D eigenvalue weighted by Crippen LogP contribution is -2.39. The highest BCUT2D eigenvalue weighted by atomic mass is 35.5. The number of nitrogens with zero attached hydrogens (tertiary/aromatic N) is 2. The molecule has 1 atom stereocenters. The second-order valence-corrected chi connectivity index (χ2v) is 6.47. The van der Waals surface area contributed by atoms with Crippen molar-refractivity contribution in [2.45, 2.75) is 44.7 Å². The minimum atomic E-state index is -0.0840. The van der Waals surface area contributed by atoms with E-state index in [1.165, 1.54) is 12.8 Å². The highest BCUT2D eigenvalue weighted by Crippen LogP contribution is 2.30. The molecule has 132 valence electrons. The van der Waals surface area contributed by atoms with Crippen molar-refractivity contribution in [3.63, 3.8) is 0 Å². The van der Waals surface area contributed by atoms with Gasteiger partial charge in [0.15, 0.2) is 0 Å². The van der Waals surface area contributed by atoms with Gasteiger partial charge in [-0.05, 0) is 38.0 Å². The van der Waals surface area contributed by atoms with Crippen molar-refractivity contribution in [1.29, 1.82) is 0 Å². The second kappa shape index (κ2) is 7.40. The van der Waals surface area contributed by atoms with Gasteiger partial charge in [0.1, 0.15) is 0 Å². The first-order chi connectivity index (χ1) is 11.0. The van der Waals surface area contributed by atoms with Crippen LogP contribution in [0.3, 0.4) is 0 Å². The summed E-state index contributed by atoms with van der Waals surface area (Å²) in [6.07, 6.45) is 4.43. The number of carbonyl (C=O) groups is 1. The lowest BCUT2D eigenvalue weighted by Gasteiger charge is -2.23. The molecular weight excluding hydrogens is 328 g/mol.